The highest BCUT2D eigenvalue weighted by atomic mass is 15.3. The fourth-order valence-electron chi connectivity index (χ4n) is 2.97. The van der Waals surface area contributed by atoms with Crippen LogP contribution in [0.25, 0.3) is 5.65 Å². The van der Waals surface area contributed by atoms with Gasteiger partial charge in [0.05, 0.1) is 5.92 Å². The van der Waals surface area contributed by atoms with Crippen molar-refractivity contribution in [3.8, 4) is 0 Å². The molecule has 0 radical (unpaired) electrons. The van der Waals surface area contributed by atoms with Gasteiger partial charge in [-0.05, 0) is 24.3 Å². The third kappa shape index (κ3) is 1.85. The van der Waals surface area contributed by atoms with E-state index in [1.807, 2.05) is 23.0 Å². The van der Waals surface area contributed by atoms with Crippen LogP contribution in [0.5, 0.6) is 0 Å². The number of hydrogen-bond acceptors (Lipinski definition) is 6. The first-order valence-corrected chi connectivity index (χ1v) is 7.59. The molecule has 0 aromatic carbocycles. The molecule has 0 N–H and O–H groups in total. The average Bonchev–Trinajstić information content (AvgIpc) is 3.24. The number of nitrogens with zero attached hydrogens (tertiary/aromatic N) is 7. The van der Waals surface area contributed by atoms with Gasteiger partial charge in [0.15, 0.2) is 5.82 Å². The number of rotatable bonds is 3. The molecule has 110 valence electrons. The quantitative estimate of drug-likeness (QED) is 0.727. The molecular formula is C15H15N7. The van der Waals surface area contributed by atoms with Gasteiger partial charge in [-0.25, -0.2) is 15.0 Å². The van der Waals surface area contributed by atoms with Gasteiger partial charge in [-0.1, -0.05) is 0 Å². The highest BCUT2D eigenvalue weighted by molar-refractivity contribution is 5.64. The molecule has 4 heterocycles. The summed E-state index contributed by atoms with van der Waals surface area (Å²) in [5, 5.41) is 8.07. The molecule has 22 heavy (non-hydrogen) atoms. The Labute approximate surface area is 127 Å². The minimum Gasteiger partial charge on any atom is -0.352 e. The van der Waals surface area contributed by atoms with E-state index < -0.39 is 0 Å². The van der Waals surface area contributed by atoms with Gasteiger partial charge in [-0.2, -0.15) is 0 Å². The van der Waals surface area contributed by atoms with Gasteiger partial charge in [-0.3, -0.25) is 4.40 Å². The van der Waals surface area contributed by atoms with Crippen molar-refractivity contribution in [1.29, 1.82) is 0 Å². The molecule has 0 bridgehead atoms. The largest absolute Gasteiger partial charge is 0.352 e. The van der Waals surface area contributed by atoms with Crippen LogP contribution in [0.15, 0.2) is 31.1 Å². The lowest BCUT2D eigenvalue weighted by atomic mass is 9.99. The van der Waals surface area contributed by atoms with Crippen molar-refractivity contribution in [3.05, 3.63) is 42.5 Å². The SMILES string of the molecule is c1cn2cnnc2c(N2CC(c3ncc(C4CC4)cn3)C2)n1. The van der Waals surface area contributed by atoms with E-state index in [1.165, 1.54) is 18.4 Å². The van der Waals surface area contributed by atoms with Gasteiger partial charge < -0.3 is 4.90 Å². The molecule has 0 spiro atoms. The van der Waals surface area contributed by atoms with Crippen LogP contribution in [-0.2, 0) is 0 Å². The minimum absolute atomic E-state index is 0.373. The van der Waals surface area contributed by atoms with Gasteiger partial charge in [-0.15, -0.1) is 10.2 Å². The molecule has 2 aliphatic rings. The first kappa shape index (κ1) is 12.0. The Bertz CT molecular complexity index is 815. The summed E-state index contributed by atoms with van der Waals surface area (Å²) in [6, 6.07) is 0. The zero-order valence-corrected chi connectivity index (χ0v) is 12.0. The Morgan fingerprint density at radius 2 is 1.82 bits per heavy atom. The predicted molar refractivity (Wildman–Crippen MR) is 79.7 cm³/mol. The van der Waals surface area contributed by atoms with Crippen molar-refractivity contribution in [2.24, 2.45) is 0 Å². The summed E-state index contributed by atoms with van der Waals surface area (Å²) in [5.74, 6) is 2.90. The molecule has 0 unspecified atom stereocenters. The van der Waals surface area contributed by atoms with Crippen LogP contribution in [-0.4, -0.2) is 42.6 Å². The molecule has 1 aliphatic heterocycles. The molecule has 7 nitrogen and oxygen atoms in total. The molecule has 5 rings (SSSR count). The smallest absolute Gasteiger partial charge is 0.203 e. The predicted octanol–water partition coefficient (Wildman–Crippen LogP) is 1.40. The van der Waals surface area contributed by atoms with E-state index in [9.17, 15) is 0 Å². The Kier molecular flexibility index (Phi) is 2.44. The molecule has 1 aliphatic carbocycles. The maximum Gasteiger partial charge on any atom is 0.203 e. The van der Waals surface area contributed by atoms with Gasteiger partial charge in [0.1, 0.15) is 12.2 Å². The van der Waals surface area contributed by atoms with Crippen LogP contribution in [0.4, 0.5) is 5.82 Å². The highest BCUT2D eigenvalue weighted by Gasteiger charge is 2.33. The fourth-order valence-corrected chi connectivity index (χ4v) is 2.97. The first-order chi connectivity index (χ1) is 10.9. The summed E-state index contributed by atoms with van der Waals surface area (Å²) in [5.41, 5.74) is 2.08. The summed E-state index contributed by atoms with van der Waals surface area (Å²) in [6.07, 6.45) is 11.9. The number of hydrogen-bond donors (Lipinski definition) is 0. The molecule has 7 heteroatoms. The van der Waals surface area contributed by atoms with E-state index in [4.69, 9.17) is 0 Å². The first-order valence-electron chi connectivity index (χ1n) is 7.59. The zero-order valence-electron chi connectivity index (χ0n) is 12.0. The molecule has 0 atom stereocenters. The molecule has 1 saturated heterocycles. The molecule has 3 aromatic heterocycles. The Morgan fingerprint density at radius 1 is 1.00 bits per heavy atom. The van der Waals surface area contributed by atoms with Gasteiger partial charge >= 0.3 is 0 Å². The van der Waals surface area contributed by atoms with E-state index >= 15 is 0 Å². The van der Waals surface area contributed by atoms with Gasteiger partial charge in [0.2, 0.25) is 5.65 Å². The summed E-state index contributed by atoms with van der Waals surface area (Å²) in [6.45, 7) is 1.75. The van der Waals surface area contributed by atoms with E-state index in [2.05, 4.69) is 30.0 Å². The normalized spacial score (nSPS) is 18.6. The third-order valence-electron chi connectivity index (χ3n) is 4.48. The standard InChI is InChI=1S/C15H15N7/c1-2-10(1)11-5-17-13(18-6-11)12-7-22(8-12)14-15-20-19-9-21(15)4-3-16-14/h3-6,9-10,12H,1-2,7-8H2. The van der Waals surface area contributed by atoms with Crippen LogP contribution < -0.4 is 4.90 Å². The van der Waals surface area contributed by atoms with E-state index in [-0.39, 0.29) is 0 Å². The van der Waals surface area contributed by atoms with Crippen molar-refractivity contribution in [2.75, 3.05) is 18.0 Å². The van der Waals surface area contributed by atoms with Crippen LogP contribution >= 0.6 is 0 Å². The van der Waals surface area contributed by atoms with E-state index in [1.54, 1.807) is 12.5 Å². The monoisotopic (exact) mass is 293 g/mol. The molecule has 0 amide bonds. The fraction of sp³-hybridized carbons (Fsp3) is 0.400. The van der Waals surface area contributed by atoms with Crippen molar-refractivity contribution in [3.63, 3.8) is 0 Å². The average molecular weight is 293 g/mol. The maximum atomic E-state index is 4.55. The Hall–Kier alpha value is -2.57. The second-order valence-electron chi connectivity index (χ2n) is 6.06. The Balaban J connectivity index is 1.34. The summed E-state index contributed by atoms with van der Waals surface area (Å²) in [4.78, 5) is 15.7. The molecule has 2 fully saturated rings. The van der Waals surface area contributed by atoms with Crippen molar-refractivity contribution >= 4 is 11.5 Å². The zero-order chi connectivity index (χ0) is 14.5. The van der Waals surface area contributed by atoms with Crippen molar-refractivity contribution in [1.82, 2.24) is 29.5 Å². The molecule has 1 saturated carbocycles. The summed E-state index contributed by atoms with van der Waals surface area (Å²) >= 11 is 0. The second kappa shape index (κ2) is 4.46. The number of aromatic nitrogens is 6. The van der Waals surface area contributed by atoms with Crippen molar-refractivity contribution in [2.45, 2.75) is 24.7 Å². The summed E-state index contributed by atoms with van der Waals surface area (Å²) < 4.78 is 1.89. The maximum absolute atomic E-state index is 4.55. The van der Waals surface area contributed by atoms with Crippen LogP contribution in [0, 0.1) is 0 Å². The molecule has 3 aromatic rings. The minimum atomic E-state index is 0.373. The van der Waals surface area contributed by atoms with Crippen LogP contribution in [0.3, 0.4) is 0 Å². The van der Waals surface area contributed by atoms with Gasteiger partial charge in [0, 0.05) is 37.9 Å². The lowest BCUT2D eigenvalue weighted by Crippen LogP contribution is -2.46. The lowest BCUT2D eigenvalue weighted by Gasteiger charge is -2.38. The second-order valence-corrected chi connectivity index (χ2v) is 6.06. The van der Waals surface area contributed by atoms with E-state index in [0.29, 0.717) is 11.8 Å². The van der Waals surface area contributed by atoms with Gasteiger partial charge in [0.25, 0.3) is 0 Å². The molecular weight excluding hydrogens is 278 g/mol. The topological polar surface area (TPSA) is 72.1 Å². The highest BCUT2D eigenvalue weighted by Crippen LogP contribution is 2.39. The van der Waals surface area contributed by atoms with Crippen LogP contribution in [0.1, 0.15) is 36.1 Å². The third-order valence-corrected chi connectivity index (χ3v) is 4.48. The van der Waals surface area contributed by atoms with E-state index in [0.717, 1.165) is 30.4 Å². The van der Waals surface area contributed by atoms with Crippen LogP contribution in [0.2, 0.25) is 0 Å². The number of fused-ring (bicyclic) bond motifs is 1. The number of anilines is 1. The summed E-state index contributed by atoms with van der Waals surface area (Å²) in [7, 11) is 0. The van der Waals surface area contributed by atoms with Crippen molar-refractivity contribution < 1.29 is 0 Å². The lowest BCUT2D eigenvalue weighted by molar-refractivity contribution is 0.496. The Morgan fingerprint density at radius 3 is 2.59 bits per heavy atom.